The van der Waals surface area contributed by atoms with Crippen molar-refractivity contribution >= 4 is 5.91 Å². The fourth-order valence-corrected chi connectivity index (χ4v) is 6.96. The van der Waals surface area contributed by atoms with Crippen LogP contribution in [0, 0.1) is 5.92 Å². The zero-order valence-corrected chi connectivity index (χ0v) is 32.5. The number of aliphatic hydroxyl groups excluding tert-OH is 2. The van der Waals surface area contributed by atoms with Crippen molar-refractivity contribution in [2.24, 2.45) is 5.92 Å². The lowest BCUT2D eigenvalue weighted by Crippen LogP contribution is -2.45. The monoisotopic (exact) mass is 666 g/mol. The van der Waals surface area contributed by atoms with Crippen molar-refractivity contribution in [3.63, 3.8) is 0 Å². The Morgan fingerprint density at radius 1 is 0.468 bits per heavy atom. The smallest absolute Gasteiger partial charge is 0.220 e. The second kappa shape index (κ2) is 38.2. The number of rotatable bonds is 39. The molecule has 4 heteroatoms. The molecule has 0 aromatic carbocycles. The van der Waals surface area contributed by atoms with Gasteiger partial charge in [-0.2, -0.15) is 0 Å². The second-order valence-corrected chi connectivity index (χ2v) is 15.6. The van der Waals surface area contributed by atoms with Crippen LogP contribution in [-0.2, 0) is 4.79 Å². The van der Waals surface area contributed by atoms with E-state index in [1.54, 1.807) is 0 Å². The summed E-state index contributed by atoms with van der Waals surface area (Å²) in [6, 6.07) is -0.530. The van der Waals surface area contributed by atoms with Gasteiger partial charge in [0.15, 0.2) is 0 Å². The first-order valence-corrected chi connectivity index (χ1v) is 21.6. The fraction of sp³-hybridized carbons (Fsp3) is 0.977. The van der Waals surface area contributed by atoms with Gasteiger partial charge < -0.3 is 15.5 Å². The van der Waals surface area contributed by atoms with Crippen molar-refractivity contribution in [2.75, 3.05) is 6.61 Å². The van der Waals surface area contributed by atoms with Gasteiger partial charge in [-0.05, 0) is 18.8 Å². The Kier molecular flexibility index (Phi) is 37.7. The predicted molar refractivity (Wildman–Crippen MR) is 207 cm³/mol. The molecular formula is C43H87NO3. The lowest BCUT2D eigenvalue weighted by atomic mass is 10.0. The van der Waals surface area contributed by atoms with E-state index in [2.05, 4.69) is 26.1 Å². The SMILES string of the molecule is CCCCCCCCCCCCCCCCCCCCCCCCCC(=O)N[C@@H](CO)[C@H](O)CCCCCCCCCCCC(C)C. The van der Waals surface area contributed by atoms with Crippen molar-refractivity contribution in [1.82, 2.24) is 5.32 Å². The Labute approximate surface area is 295 Å². The molecule has 0 spiro atoms. The molecule has 0 aromatic rings. The molecule has 0 rings (SSSR count). The molecule has 0 unspecified atom stereocenters. The van der Waals surface area contributed by atoms with E-state index in [9.17, 15) is 15.0 Å². The third-order valence-corrected chi connectivity index (χ3v) is 10.3. The summed E-state index contributed by atoms with van der Waals surface area (Å²) in [6.07, 6.45) is 44.7. The highest BCUT2D eigenvalue weighted by molar-refractivity contribution is 5.76. The third kappa shape index (κ3) is 36.5. The molecular weight excluding hydrogens is 578 g/mol. The number of hydrogen-bond acceptors (Lipinski definition) is 3. The molecule has 2 atom stereocenters. The van der Waals surface area contributed by atoms with E-state index in [-0.39, 0.29) is 12.5 Å². The first-order chi connectivity index (χ1) is 23.0. The molecule has 282 valence electrons. The molecule has 0 aliphatic carbocycles. The summed E-state index contributed by atoms with van der Waals surface area (Å²) >= 11 is 0. The molecule has 0 aliphatic heterocycles. The van der Waals surface area contributed by atoms with Crippen molar-refractivity contribution < 1.29 is 15.0 Å². The number of hydrogen-bond donors (Lipinski definition) is 3. The fourth-order valence-electron chi connectivity index (χ4n) is 6.96. The van der Waals surface area contributed by atoms with Crippen LogP contribution in [-0.4, -0.2) is 34.9 Å². The average Bonchev–Trinajstić information content (AvgIpc) is 3.06. The van der Waals surface area contributed by atoms with Crippen molar-refractivity contribution in [3.05, 3.63) is 0 Å². The molecule has 3 N–H and O–H groups in total. The van der Waals surface area contributed by atoms with Crippen LogP contribution in [0.25, 0.3) is 0 Å². The zero-order valence-electron chi connectivity index (χ0n) is 32.5. The topological polar surface area (TPSA) is 69.6 Å². The van der Waals surface area contributed by atoms with Gasteiger partial charge in [-0.3, -0.25) is 4.79 Å². The number of carbonyl (C=O) groups excluding carboxylic acids is 1. The number of amides is 1. The molecule has 0 bridgehead atoms. The maximum Gasteiger partial charge on any atom is 0.220 e. The van der Waals surface area contributed by atoms with Gasteiger partial charge in [0, 0.05) is 6.42 Å². The van der Waals surface area contributed by atoms with Crippen LogP contribution in [0.3, 0.4) is 0 Å². The number of unbranched alkanes of at least 4 members (excludes halogenated alkanes) is 30. The molecule has 1 amide bonds. The van der Waals surface area contributed by atoms with Gasteiger partial charge in [0.25, 0.3) is 0 Å². The molecule has 0 heterocycles. The number of aliphatic hydroxyl groups is 2. The first kappa shape index (κ1) is 46.4. The standard InChI is InChI=1S/C43H87NO3/c1-4-5-6-7-8-9-10-11-12-13-14-15-16-17-18-19-20-21-22-26-29-32-35-38-43(47)44-41(39-45)42(46)37-34-31-28-25-23-24-27-30-33-36-40(2)3/h40-42,45-46H,4-39H2,1-3H3,(H,44,47)/t41-,42+/m0/s1. The highest BCUT2D eigenvalue weighted by Gasteiger charge is 2.20. The van der Waals surface area contributed by atoms with Gasteiger partial charge in [0.2, 0.25) is 5.91 Å². The lowest BCUT2D eigenvalue weighted by Gasteiger charge is -2.22. The molecule has 0 aromatic heterocycles. The number of nitrogens with one attached hydrogen (secondary N) is 1. The van der Waals surface area contributed by atoms with Crippen LogP contribution in [0.2, 0.25) is 0 Å². The Hall–Kier alpha value is -0.610. The zero-order chi connectivity index (χ0) is 34.5. The van der Waals surface area contributed by atoms with Gasteiger partial charge in [0.05, 0.1) is 18.8 Å². The summed E-state index contributed by atoms with van der Waals surface area (Å²) < 4.78 is 0. The Morgan fingerprint density at radius 2 is 0.766 bits per heavy atom. The van der Waals surface area contributed by atoms with Crippen LogP contribution in [0.4, 0.5) is 0 Å². The summed E-state index contributed by atoms with van der Waals surface area (Å²) in [5.41, 5.74) is 0. The second-order valence-electron chi connectivity index (χ2n) is 15.6. The van der Waals surface area contributed by atoms with E-state index in [1.165, 1.54) is 186 Å². The van der Waals surface area contributed by atoms with E-state index >= 15 is 0 Å². The normalized spacial score (nSPS) is 13.0. The quantitative estimate of drug-likeness (QED) is 0.0572. The molecule has 0 radical (unpaired) electrons. The Balaban J connectivity index is 3.44. The Morgan fingerprint density at radius 3 is 1.09 bits per heavy atom. The summed E-state index contributed by atoms with van der Waals surface area (Å²) in [4.78, 5) is 12.4. The van der Waals surface area contributed by atoms with Gasteiger partial charge in [0.1, 0.15) is 0 Å². The van der Waals surface area contributed by atoms with Crippen LogP contribution in [0.15, 0.2) is 0 Å². The summed E-state index contributed by atoms with van der Waals surface area (Å²) in [5.74, 6) is 0.803. The minimum atomic E-state index is -0.653. The molecule has 4 nitrogen and oxygen atoms in total. The maximum absolute atomic E-state index is 12.4. The predicted octanol–water partition coefficient (Wildman–Crippen LogP) is 13.2. The summed E-state index contributed by atoms with van der Waals surface area (Å²) in [6.45, 7) is 6.71. The molecule has 0 saturated carbocycles. The van der Waals surface area contributed by atoms with E-state index in [0.29, 0.717) is 12.8 Å². The first-order valence-electron chi connectivity index (χ1n) is 21.6. The van der Waals surface area contributed by atoms with Crippen LogP contribution in [0.5, 0.6) is 0 Å². The van der Waals surface area contributed by atoms with Crippen LogP contribution < -0.4 is 5.32 Å². The lowest BCUT2D eigenvalue weighted by molar-refractivity contribution is -0.123. The van der Waals surface area contributed by atoms with Gasteiger partial charge in [-0.1, -0.05) is 226 Å². The van der Waals surface area contributed by atoms with E-state index in [1.807, 2.05) is 0 Å². The highest BCUT2D eigenvalue weighted by atomic mass is 16.3. The van der Waals surface area contributed by atoms with Crippen molar-refractivity contribution in [3.8, 4) is 0 Å². The van der Waals surface area contributed by atoms with Gasteiger partial charge in [-0.15, -0.1) is 0 Å². The largest absolute Gasteiger partial charge is 0.394 e. The molecule has 47 heavy (non-hydrogen) atoms. The van der Waals surface area contributed by atoms with Crippen molar-refractivity contribution in [2.45, 2.75) is 258 Å². The van der Waals surface area contributed by atoms with E-state index in [4.69, 9.17) is 0 Å². The molecule has 0 fully saturated rings. The third-order valence-electron chi connectivity index (χ3n) is 10.3. The average molecular weight is 666 g/mol. The van der Waals surface area contributed by atoms with Gasteiger partial charge >= 0.3 is 0 Å². The van der Waals surface area contributed by atoms with E-state index < -0.39 is 12.1 Å². The minimum Gasteiger partial charge on any atom is -0.394 e. The molecule has 0 aliphatic rings. The maximum atomic E-state index is 12.4. The summed E-state index contributed by atoms with van der Waals surface area (Å²) in [5, 5.41) is 23.1. The Bertz CT molecular complexity index is 610. The summed E-state index contributed by atoms with van der Waals surface area (Å²) in [7, 11) is 0. The minimum absolute atomic E-state index is 0.0278. The van der Waals surface area contributed by atoms with Crippen LogP contribution >= 0.6 is 0 Å². The number of carbonyl (C=O) groups is 1. The van der Waals surface area contributed by atoms with E-state index in [0.717, 1.165) is 31.6 Å². The van der Waals surface area contributed by atoms with Crippen LogP contribution in [0.1, 0.15) is 245 Å². The van der Waals surface area contributed by atoms with Crippen molar-refractivity contribution in [1.29, 1.82) is 0 Å². The highest BCUT2D eigenvalue weighted by Crippen LogP contribution is 2.17. The van der Waals surface area contributed by atoms with Gasteiger partial charge in [-0.25, -0.2) is 0 Å². The molecule has 0 saturated heterocycles.